The van der Waals surface area contributed by atoms with Gasteiger partial charge >= 0.3 is 0 Å². The van der Waals surface area contributed by atoms with Gasteiger partial charge in [0.1, 0.15) is 0 Å². The summed E-state index contributed by atoms with van der Waals surface area (Å²) in [4.78, 5) is 14.4. The molecule has 1 aliphatic heterocycles. The summed E-state index contributed by atoms with van der Waals surface area (Å²) in [6, 6.07) is 0. The van der Waals surface area contributed by atoms with Gasteiger partial charge in [0.25, 0.3) is 0 Å². The van der Waals surface area contributed by atoms with Crippen molar-refractivity contribution in [1.29, 1.82) is 0 Å². The number of rotatable bonds is 1. The molecule has 0 bridgehead atoms. The Morgan fingerprint density at radius 2 is 1.94 bits per heavy atom. The molecule has 17 heavy (non-hydrogen) atoms. The molecule has 0 aromatic carbocycles. The molecule has 0 spiro atoms. The molecule has 0 aromatic heterocycles. The van der Waals surface area contributed by atoms with E-state index in [9.17, 15) is 4.79 Å². The van der Waals surface area contributed by atoms with Crippen molar-refractivity contribution in [3.05, 3.63) is 0 Å². The van der Waals surface area contributed by atoms with Gasteiger partial charge in [-0.3, -0.25) is 4.79 Å². The number of carbonyl (C=O) groups excluding carboxylic acids is 1. The molecule has 4 heteroatoms. The number of morpholine rings is 1. The lowest BCUT2D eigenvalue weighted by molar-refractivity contribution is -0.162. The third-order valence-corrected chi connectivity index (χ3v) is 3.78. The van der Waals surface area contributed by atoms with Gasteiger partial charge in [0, 0.05) is 13.1 Å². The largest absolute Gasteiger partial charge is 0.369 e. The molecule has 1 saturated carbocycles. The summed E-state index contributed by atoms with van der Waals surface area (Å²) < 4.78 is 5.81. The highest BCUT2D eigenvalue weighted by Crippen LogP contribution is 2.31. The fourth-order valence-electron chi connectivity index (χ4n) is 3.14. The van der Waals surface area contributed by atoms with E-state index >= 15 is 0 Å². The van der Waals surface area contributed by atoms with Crippen molar-refractivity contribution in [2.75, 3.05) is 13.1 Å². The second kappa shape index (κ2) is 4.25. The highest BCUT2D eigenvalue weighted by molar-refractivity contribution is 5.86. The van der Waals surface area contributed by atoms with Crippen molar-refractivity contribution in [3.63, 3.8) is 0 Å². The van der Waals surface area contributed by atoms with E-state index < -0.39 is 5.54 Å². The first-order chi connectivity index (χ1) is 7.82. The van der Waals surface area contributed by atoms with E-state index in [1.54, 1.807) is 0 Å². The van der Waals surface area contributed by atoms with Crippen LogP contribution in [0.2, 0.25) is 0 Å². The highest BCUT2D eigenvalue weighted by atomic mass is 16.5. The van der Waals surface area contributed by atoms with Crippen LogP contribution in [-0.4, -0.2) is 41.1 Å². The highest BCUT2D eigenvalue weighted by Gasteiger charge is 2.43. The lowest BCUT2D eigenvalue weighted by atomic mass is 9.95. The standard InChI is InChI=1S/C13H24N2O2/c1-10-8-15(9-12(2,3)17-10)11(16)13(14)6-4-5-7-13/h10H,4-9,14H2,1-3H3. The summed E-state index contributed by atoms with van der Waals surface area (Å²) in [7, 11) is 0. The van der Waals surface area contributed by atoms with E-state index in [-0.39, 0.29) is 17.6 Å². The minimum Gasteiger partial charge on any atom is -0.369 e. The maximum atomic E-state index is 12.5. The van der Waals surface area contributed by atoms with Crippen molar-refractivity contribution in [2.24, 2.45) is 5.73 Å². The maximum absolute atomic E-state index is 12.5. The molecule has 1 saturated heterocycles. The molecular weight excluding hydrogens is 216 g/mol. The molecule has 1 heterocycles. The van der Waals surface area contributed by atoms with Gasteiger partial charge in [0.05, 0.1) is 17.2 Å². The molecule has 0 aromatic rings. The molecule has 1 unspecified atom stereocenters. The maximum Gasteiger partial charge on any atom is 0.242 e. The Balaban J connectivity index is 2.09. The molecule has 4 nitrogen and oxygen atoms in total. The third-order valence-electron chi connectivity index (χ3n) is 3.78. The first kappa shape index (κ1) is 12.8. The van der Waals surface area contributed by atoms with Gasteiger partial charge in [0.15, 0.2) is 0 Å². The lowest BCUT2D eigenvalue weighted by Crippen LogP contribution is -2.61. The van der Waals surface area contributed by atoms with E-state index in [2.05, 4.69) is 0 Å². The first-order valence-electron chi connectivity index (χ1n) is 6.58. The van der Waals surface area contributed by atoms with Gasteiger partial charge in [-0.15, -0.1) is 0 Å². The quantitative estimate of drug-likeness (QED) is 0.751. The molecule has 0 radical (unpaired) electrons. The van der Waals surface area contributed by atoms with Gasteiger partial charge in [-0.1, -0.05) is 12.8 Å². The topological polar surface area (TPSA) is 55.6 Å². The fourth-order valence-corrected chi connectivity index (χ4v) is 3.14. The molecule has 1 aliphatic carbocycles. The van der Waals surface area contributed by atoms with Crippen molar-refractivity contribution >= 4 is 5.91 Å². The predicted octanol–water partition coefficient (Wildman–Crippen LogP) is 1.28. The summed E-state index contributed by atoms with van der Waals surface area (Å²) in [6.07, 6.45) is 3.90. The Morgan fingerprint density at radius 1 is 1.35 bits per heavy atom. The zero-order chi connectivity index (χ0) is 12.7. The molecule has 2 rings (SSSR count). The molecule has 2 fully saturated rings. The van der Waals surface area contributed by atoms with Crippen molar-refractivity contribution < 1.29 is 9.53 Å². The van der Waals surface area contributed by atoms with Crippen molar-refractivity contribution in [3.8, 4) is 0 Å². The van der Waals surface area contributed by atoms with E-state index in [1.165, 1.54) is 0 Å². The molecule has 1 atom stereocenters. The summed E-state index contributed by atoms with van der Waals surface area (Å²) in [5, 5.41) is 0. The minimum absolute atomic E-state index is 0.0905. The Morgan fingerprint density at radius 3 is 2.47 bits per heavy atom. The number of amides is 1. The van der Waals surface area contributed by atoms with Crippen molar-refractivity contribution in [1.82, 2.24) is 4.90 Å². The summed E-state index contributed by atoms with van der Waals surface area (Å²) >= 11 is 0. The van der Waals surface area contributed by atoms with Crippen LogP contribution in [0.5, 0.6) is 0 Å². The van der Waals surface area contributed by atoms with Gasteiger partial charge in [-0.2, -0.15) is 0 Å². The van der Waals surface area contributed by atoms with Crippen LogP contribution < -0.4 is 5.73 Å². The second-order valence-corrected chi connectivity index (χ2v) is 6.24. The van der Waals surface area contributed by atoms with Crippen LogP contribution in [0.15, 0.2) is 0 Å². The van der Waals surface area contributed by atoms with Gasteiger partial charge in [0.2, 0.25) is 5.91 Å². The SMILES string of the molecule is CC1CN(C(=O)C2(N)CCCC2)CC(C)(C)O1. The zero-order valence-corrected chi connectivity index (χ0v) is 11.2. The van der Waals surface area contributed by atoms with Crippen LogP contribution in [0.25, 0.3) is 0 Å². The van der Waals surface area contributed by atoms with E-state index in [1.807, 2.05) is 25.7 Å². The van der Waals surface area contributed by atoms with Gasteiger partial charge in [-0.05, 0) is 33.6 Å². The Kier molecular flexibility index (Phi) is 3.21. The Labute approximate surface area is 103 Å². The minimum atomic E-state index is -0.604. The van der Waals surface area contributed by atoms with Crippen LogP contribution in [0, 0.1) is 0 Å². The number of nitrogens with zero attached hydrogens (tertiary/aromatic N) is 1. The van der Waals surface area contributed by atoms with Gasteiger partial charge < -0.3 is 15.4 Å². The average molecular weight is 240 g/mol. The third kappa shape index (κ3) is 2.63. The molecule has 98 valence electrons. The van der Waals surface area contributed by atoms with E-state index in [4.69, 9.17) is 10.5 Å². The van der Waals surface area contributed by atoms with Gasteiger partial charge in [-0.25, -0.2) is 0 Å². The van der Waals surface area contributed by atoms with E-state index in [0.717, 1.165) is 25.7 Å². The molecular formula is C13H24N2O2. The number of carbonyl (C=O) groups is 1. The molecule has 2 aliphatic rings. The summed E-state index contributed by atoms with van der Waals surface area (Å²) in [5.41, 5.74) is 5.37. The monoisotopic (exact) mass is 240 g/mol. The number of hydrogen-bond donors (Lipinski definition) is 1. The normalized spacial score (nSPS) is 31.5. The molecule has 2 N–H and O–H groups in total. The second-order valence-electron chi connectivity index (χ2n) is 6.24. The zero-order valence-electron chi connectivity index (χ0n) is 11.2. The first-order valence-corrected chi connectivity index (χ1v) is 6.58. The van der Waals surface area contributed by atoms with Crippen LogP contribution in [-0.2, 0) is 9.53 Å². The molecule has 1 amide bonds. The van der Waals surface area contributed by atoms with E-state index in [0.29, 0.717) is 13.1 Å². The fraction of sp³-hybridized carbons (Fsp3) is 0.923. The van der Waals surface area contributed by atoms with Crippen LogP contribution in [0.3, 0.4) is 0 Å². The number of ether oxygens (including phenoxy) is 1. The number of hydrogen-bond acceptors (Lipinski definition) is 3. The lowest BCUT2D eigenvalue weighted by Gasteiger charge is -2.44. The number of nitrogens with two attached hydrogens (primary N) is 1. The van der Waals surface area contributed by atoms with Crippen molar-refractivity contribution in [2.45, 2.75) is 63.7 Å². The predicted molar refractivity (Wildman–Crippen MR) is 66.6 cm³/mol. The van der Waals surface area contributed by atoms with Crippen LogP contribution >= 0.6 is 0 Å². The average Bonchev–Trinajstić information content (AvgIpc) is 2.62. The summed E-state index contributed by atoms with van der Waals surface area (Å²) in [6.45, 7) is 7.39. The smallest absolute Gasteiger partial charge is 0.242 e. The Hall–Kier alpha value is -0.610. The van der Waals surface area contributed by atoms with Crippen LogP contribution in [0.4, 0.5) is 0 Å². The summed E-state index contributed by atoms with van der Waals surface area (Å²) in [5.74, 6) is 0.123. The van der Waals surface area contributed by atoms with Crippen LogP contribution in [0.1, 0.15) is 46.5 Å². The Bertz CT molecular complexity index is 309.